The first-order chi connectivity index (χ1) is 9.24. The van der Waals surface area contributed by atoms with Crippen molar-refractivity contribution in [3.8, 4) is 0 Å². The van der Waals surface area contributed by atoms with Crippen LogP contribution in [0.3, 0.4) is 0 Å². The van der Waals surface area contributed by atoms with Crippen LogP contribution in [-0.4, -0.2) is 16.1 Å². The SMILES string of the molecule is CCCc1nccn1Cc1cc(CNCC)oc1C. The third-order valence-electron chi connectivity index (χ3n) is 3.24. The Morgan fingerprint density at radius 3 is 2.95 bits per heavy atom. The molecule has 0 amide bonds. The summed E-state index contributed by atoms with van der Waals surface area (Å²) in [6.07, 6.45) is 6.06. The molecule has 0 aliphatic carbocycles. The smallest absolute Gasteiger partial charge is 0.118 e. The predicted octanol–water partition coefficient (Wildman–Crippen LogP) is 2.89. The second-order valence-electron chi connectivity index (χ2n) is 4.80. The molecule has 2 rings (SSSR count). The zero-order chi connectivity index (χ0) is 13.7. The molecule has 0 unspecified atom stereocenters. The molecule has 0 aromatic carbocycles. The van der Waals surface area contributed by atoms with Crippen LogP contribution in [0.4, 0.5) is 0 Å². The summed E-state index contributed by atoms with van der Waals surface area (Å²) in [6, 6.07) is 2.15. The highest BCUT2D eigenvalue weighted by Gasteiger charge is 2.09. The highest BCUT2D eigenvalue weighted by Crippen LogP contribution is 2.17. The van der Waals surface area contributed by atoms with Crippen LogP contribution >= 0.6 is 0 Å². The van der Waals surface area contributed by atoms with Gasteiger partial charge in [0.15, 0.2) is 0 Å². The van der Waals surface area contributed by atoms with Crippen molar-refractivity contribution in [2.45, 2.75) is 46.7 Å². The lowest BCUT2D eigenvalue weighted by atomic mass is 10.2. The van der Waals surface area contributed by atoms with Gasteiger partial charge in [-0.1, -0.05) is 13.8 Å². The van der Waals surface area contributed by atoms with Crippen LogP contribution in [0.25, 0.3) is 0 Å². The fourth-order valence-corrected chi connectivity index (χ4v) is 2.20. The Morgan fingerprint density at radius 2 is 2.21 bits per heavy atom. The van der Waals surface area contributed by atoms with Crippen LogP contribution in [0.2, 0.25) is 0 Å². The number of aromatic nitrogens is 2. The summed E-state index contributed by atoms with van der Waals surface area (Å²) in [7, 11) is 0. The number of aryl methyl sites for hydroxylation is 2. The Labute approximate surface area is 114 Å². The molecule has 0 aliphatic heterocycles. The average molecular weight is 261 g/mol. The molecule has 0 radical (unpaired) electrons. The largest absolute Gasteiger partial charge is 0.465 e. The first kappa shape index (κ1) is 13.9. The minimum Gasteiger partial charge on any atom is -0.465 e. The van der Waals surface area contributed by atoms with Gasteiger partial charge in [-0.25, -0.2) is 4.98 Å². The topological polar surface area (TPSA) is 43.0 Å². The van der Waals surface area contributed by atoms with E-state index in [1.807, 2.05) is 19.3 Å². The maximum absolute atomic E-state index is 5.77. The van der Waals surface area contributed by atoms with E-state index in [0.29, 0.717) is 0 Å². The van der Waals surface area contributed by atoms with Crippen molar-refractivity contribution in [2.24, 2.45) is 0 Å². The Bertz CT molecular complexity index is 513. The van der Waals surface area contributed by atoms with E-state index in [9.17, 15) is 0 Å². The molecule has 19 heavy (non-hydrogen) atoms. The lowest BCUT2D eigenvalue weighted by molar-refractivity contribution is 0.462. The molecular formula is C15H23N3O. The zero-order valence-corrected chi connectivity index (χ0v) is 12.1. The molecule has 0 fully saturated rings. The first-order valence-electron chi connectivity index (χ1n) is 7.03. The number of nitrogens with zero attached hydrogens (tertiary/aromatic N) is 2. The molecule has 4 nitrogen and oxygen atoms in total. The van der Waals surface area contributed by atoms with E-state index in [0.717, 1.165) is 49.8 Å². The Hall–Kier alpha value is -1.55. The van der Waals surface area contributed by atoms with Gasteiger partial charge in [0.05, 0.1) is 13.1 Å². The molecule has 1 N–H and O–H groups in total. The number of rotatable bonds is 7. The second-order valence-corrected chi connectivity index (χ2v) is 4.80. The summed E-state index contributed by atoms with van der Waals surface area (Å²) < 4.78 is 7.98. The average Bonchev–Trinajstić information content (AvgIpc) is 2.96. The minimum absolute atomic E-state index is 0.795. The summed E-state index contributed by atoms with van der Waals surface area (Å²) >= 11 is 0. The predicted molar refractivity (Wildman–Crippen MR) is 76.1 cm³/mol. The summed E-state index contributed by atoms with van der Waals surface area (Å²) in [6.45, 7) is 8.90. The third-order valence-corrected chi connectivity index (χ3v) is 3.24. The molecular weight excluding hydrogens is 238 g/mol. The maximum Gasteiger partial charge on any atom is 0.118 e. The van der Waals surface area contributed by atoms with Crippen molar-refractivity contribution < 1.29 is 4.42 Å². The normalized spacial score (nSPS) is 11.1. The highest BCUT2D eigenvalue weighted by molar-refractivity contribution is 5.21. The van der Waals surface area contributed by atoms with E-state index in [2.05, 4.69) is 34.8 Å². The number of nitrogens with one attached hydrogen (secondary N) is 1. The van der Waals surface area contributed by atoms with E-state index in [1.165, 1.54) is 5.56 Å². The van der Waals surface area contributed by atoms with Gasteiger partial charge in [-0.2, -0.15) is 0 Å². The van der Waals surface area contributed by atoms with E-state index in [1.54, 1.807) is 0 Å². The van der Waals surface area contributed by atoms with Crippen LogP contribution in [0.15, 0.2) is 22.9 Å². The van der Waals surface area contributed by atoms with Gasteiger partial charge in [-0.3, -0.25) is 0 Å². The highest BCUT2D eigenvalue weighted by atomic mass is 16.3. The first-order valence-corrected chi connectivity index (χ1v) is 7.03. The molecule has 0 bridgehead atoms. The summed E-state index contributed by atoms with van der Waals surface area (Å²) in [4.78, 5) is 4.41. The van der Waals surface area contributed by atoms with Gasteiger partial charge in [0.25, 0.3) is 0 Å². The fourth-order valence-electron chi connectivity index (χ4n) is 2.20. The minimum atomic E-state index is 0.795. The molecule has 0 atom stereocenters. The quantitative estimate of drug-likeness (QED) is 0.833. The molecule has 0 saturated heterocycles. The fraction of sp³-hybridized carbons (Fsp3) is 0.533. The monoisotopic (exact) mass is 261 g/mol. The van der Waals surface area contributed by atoms with Crippen LogP contribution in [0.5, 0.6) is 0 Å². The van der Waals surface area contributed by atoms with Gasteiger partial charge in [0.1, 0.15) is 17.3 Å². The Kier molecular flexibility index (Phi) is 4.80. The molecule has 2 aromatic heterocycles. The van der Waals surface area contributed by atoms with Gasteiger partial charge in [-0.15, -0.1) is 0 Å². The number of hydrogen-bond acceptors (Lipinski definition) is 3. The maximum atomic E-state index is 5.77. The molecule has 2 aromatic rings. The molecule has 2 heterocycles. The molecule has 0 spiro atoms. The van der Waals surface area contributed by atoms with Crippen LogP contribution in [0, 0.1) is 6.92 Å². The van der Waals surface area contributed by atoms with Gasteiger partial charge in [0.2, 0.25) is 0 Å². The summed E-state index contributed by atoms with van der Waals surface area (Å²) in [5.74, 6) is 3.16. The molecule has 4 heteroatoms. The van der Waals surface area contributed by atoms with Gasteiger partial charge < -0.3 is 14.3 Å². The van der Waals surface area contributed by atoms with Crippen LogP contribution in [-0.2, 0) is 19.5 Å². The number of imidazole rings is 1. The van der Waals surface area contributed by atoms with Gasteiger partial charge in [-0.05, 0) is 26.0 Å². The van der Waals surface area contributed by atoms with Crippen molar-refractivity contribution in [3.63, 3.8) is 0 Å². The van der Waals surface area contributed by atoms with Gasteiger partial charge in [0, 0.05) is 24.4 Å². The van der Waals surface area contributed by atoms with E-state index in [4.69, 9.17) is 4.42 Å². The van der Waals surface area contributed by atoms with Crippen LogP contribution < -0.4 is 5.32 Å². The van der Waals surface area contributed by atoms with Crippen molar-refractivity contribution in [1.29, 1.82) is 0 Å². The third kappa shape index (κ3) is 3.47. The van der Waals surface area contributed by atoms with Gasteiger partial charge >= 0.3 is 0 Å². The Morgan fingerprint density at radius 1 is 1.37 bits per heavy atom. The lowest BCUT2D eigenvalue weighted by Gasteiger charge is -2.05. The molecule has 0 aliphatic rings. The lowest BCUT2D eigenvalue weighted by Crippen LogP contribution is -2.10. The molecule has 104 valence electrons. The zero-order valence-electron chi connectivity index (χ0n) is 12.1. The Balaban J connectivity index is 2.09. The van der Waals surface area contributed by atoms with E-state index in [-0.39, 0.29) is 0 Å². The van der Waals surface area contributed by atoms with Crippen molar-refractivity contribution in [2.75, 3.05) is 6.54 Å². The standard InChI is InChI=1S/C15H23N3O/c1-4-6-15-17-7-8-18(15)11-13-9-14(10-16-5-2)19-12(13)3/h7-9,16H,4-6,10-11H2,1-3H3. The van der Waals surface area contributed by atoms with Crippen molar-refractivity contribution >= 4 is 0 Å². The van der Waals surface area contributed by atoms with Crippen molar-refractivity contribution in [3.05, 3.63) is 41.4 Å². The second kappa shape index (κ2) is 6.57. The van der Waals surface area contributed by atoms with E-state index < -0.39 is 0 Å². The number of hydrogen-bond donors (Lipinski definition) is 1. The van der Waals surface area contributed by atoms with E-state index >= 15 is 0 Å². The van der Waals surface area contributed by atoms with Crippen LogP contribution in [0.1, 0.15) is 43.2 Å². The van der Waals surface area contributed by atoms with Crippen molar-refractivity contribution in [1.82, 2.24) is 14.9 Å². The summed E-state index contributed by atoms with van der Waals surface area (Å²) in [5.41, 5.74) is 1.24. The molecule has 0 saturated carbocycles. The number of furan rings is 1. The summed E-state index contributed by atoms with van der Waals surface area (Å²) in [5, 5.41) is 3.28.